The minimum atomic E-state index is -0.948. The summed E-state index contributed by atoms with van der Waals surface area (Å²) in [5, 5.41) is 10.7. The van der Waals surface area contributed by atoms with Crippen LogP contribution in [0.5, 0.6) is 5.75 Å². The summed E-state index contributed by atoms with van der Waals surface area (Å²) in [5.74, 6) is 0.864. The lowest BCUT2D eigenvalue weighted by Gasteiger charge is -2.39. The molecule has 0 bridgehead atoms. The molecule has 242 valence electrons. The summed E-state index contributed by atoms with van der Waals surface area (Å²) in [4.78, 5) is 2.49. The molecular formula is C36H60O4SSi2. The second-order valence-electron chi connectivity index (χ2n) is 14.4. The van der Waals surface area contributed by atoms with Crippen LogP contribution < -0.4 is 4.74 Å². The molecule has 4 nitrogen and oxygen atoms in total. The molecule has 0 aliphatic rings. The minimum Gasteiger partial charge on any atom is -0.488 e. The van der Waals surface area contributed by atoms with E-state index in [0.717, 1.165) is 37.9 Å². The highest BCUT2D eigenvalue weighted by atomic mass is 32.1. The maximum atomic E-state index is 10.7. The van der Waals surface area contributed by atoms with Gasteiger partial charge in [0.05, 0.1) is 17.8 Å². The maximum Gasteiger partial charge on any atom is 0.205 e. The Morgan fingerprint density at radius 1 is 0.837 bits per heavy atom. The number of allylic oxidation sites excluding steroid dienone is 2. The number of thiophene rings is 1. The highest BCUT2D eigenvalue weighted by Gasteiger charge is 2.36. The van der Waals surface area contributed by atoms with E-state index in [0.29, 0.717) is 6.61 Å². The van der Waals surface area contributed by atoms with Crippen molar-refractivity contribution in [3.63, 3.8) is 0 Å². The fraction of sp³-hybridized carbons (Fsp3) is 0.667. The monoisotopic (exact) mass is 644 g/mol. The van der Waals surface area contributed by atoms with E-state index in [1.54, 1.807) is 11.3 Å². The first-order valence-corrected chi connectivity index (χ1v) is 21.8. The molecule has 43 heavy (non-hydrogen) atoms. The second kappa shape index (κ2) is 16.4. The van der Waals surface area contributed by atoms with E-state index in [4.69, 9.17) is 13.6 Å². The Labute approximate surface area is 271 Å². The van der Waals surface area contributed by atoms with Crippen molar-refractivity contribution >= 4 is 35.0 Å². The van der Waals surface area contributed by atoms with Gasteiger partial charge in [0, 0.05) is 9.75 Å². The van der Waals surface area contributed by atoms with Crippen LogP contribution in [0.2, 0.25) is 26.2 Å². The highest BCUT2D eigenvalue weighted by molar-refractivity contribution is 7.13. The Balaban J connectivity index is 2.38. The van der Waals surface area contributed by atoms with Crippen LogP contribution in [0.15, 0.2) is 36.4 Å². The molecule has 2 unspecified atom stereocenters. The van der Waals surface area contributed by atoms with Gasteiger partial charge >= 0.3 is 0 Å². The molecule has 1 aromatic carbocycles. The molecule has 0 spiro atoms. The summed E-state index contributed by atoms with van der Waals surface area (Å²) in [5.41, 5.74) is 3.04. The summed E-state index contributed by atoms with van der Waals surface area (Å²) in [6.07, 6.45) is 6.51. The predicted molar refractivity (Wildman–Crippen MR) is 190 cm³/mol. The van der Waals surface area contributed by atoms with Gasteiger partial charge in [0.1, 0.15) is 12.4 Å². The zero-order valence-electron chi connectivity index (χ0n) is 29.4. The van der Waals surface area contributed by atoms with Crippen LogP contribution in [0.25, 0.3) is 5.57 Å². The largest absolute Gasteiger partial charge is 0.488 e. The summed E-state index contributed by atoms with van der Waals surface area (Å²) >= 11 is 1.80. The van der Waals surface area contributed by atoms with Gasteiger partial charge in [-0.15, -0.1) is 11.3 Å². The molecule has 1 aromatic heterocycles. The van der Waals surface area contributed by atoms with Crippen molar-refractivity contribution in [1.82, 2.24) is 0 Å². The van der Waals surface area contributed by atoms with Gasteiger partial charge in [-0.05, 0) is 110 Å². The van der Waals surface area contributed by atoms with E-state index < -0.39 is 23.7 Å². The average Bonchev–Trinajstić information content (AvgIpc) is 3.39. The molecule has 0 saturated carbocycles. The molecule has 2 radical (unpaired) electrons. The lowest BCUT2D eigenvalue weighted by atomic mass is 9.77. The van der Waals surface area contributed by atoms with Gasteiger partial charge in [0.25, 0.3) is 0 Å². The van der Waals surface area contributed by atoms with Gasteiger partial charge < -0.3 is 18.7 Å². The molecule has 0 fully saturated rings. The Bertz CT molecular complexity index is 1150. The first kappa shape index (κ1) is 38.0. The van der Waals surface area contributed by atoms with Crippen molar-refractivity contribution in [2.75, 3.05) is 0 Å². The molecule has 1 heterocycles. The highest BCUT2D eigenvalue weighted by Crippen LogP contribution is 2.46. The number of rotatable bonds is 16. The summed E-state index contributed by atoms with van der Waals surface area (Å²) in [7, 11) is -1.87. The molecule has 2 rings (SSSR count). The SMILES string of the molecule is CCC(=CCCC(O)(CC)CC)c1ccc(COc2ccc(C(O[Si](C)C)C(C)(C)C)c(C(O[Si](C)C)C(C)(C)C)c2)s1. The van der Waals surface area contributed by atoms with E-state index in [9.17, 15) is 5.11 Å². The third-order valence-corrected chi connectivity index (χ3v) is 10.5. The van der Waals surface area contributed by atoms with E-state index >= 15 is 0 Å². The number of benzene rings is 1. The fourth-order valence-electron chi connectivity index (χ4n) is 5.31. The van der Waals surface area contributed by atoms with Gasteiger partial charge in [-0.2, -0.15) is 0 Å². The van der Waals surface area contributed by atoms with Crippen LogP contribution >= 0.6 is 11.3 Å². The van der Waals surface area contributed by atoms with E-state index in [2.05, 4.69) is 125 Å². The Hall–Kier alpha value is -1.23. The number of hydrogen-bond donors (Lipinski definition) is 1. The molecule has 0 aliphatic heterocycles. The van der Waals surface area contributed by atoms with Crippen LogP contribution in [0.1, 0.15) is 128 Å². The number of ether oxygens (including phenoxy) is 1. The molecule has 2 aromatic rings. The maximum absolute atomic E-state index is 10.7. The Morgan fingerprint density at radius 2 is 1.40 bits per heavy atom. The van der Waals surface area contributed by atoms with Crippen molar-refractivity contribution < 1.29 is 18.7 Å². The van der Waals surface area contributed by atoms with E-state index in [1.165, 1.54) is 26.5 Å². The third kappa shape index (κ3) is 11.6. The zero-order chi connectivity index (χ0) is 32.6. The smallest absolute Gasteiger partial charge is 0.205 e. The van der Waals surface area contributed by atoms with Crippen molar-refractivity contribution in [1.29, 1.82) is 0 Å². The van der Waals surface area contributed by atoms with Crippen molar-refractivity contribution in [2.24, 2.45) is 10.8 Å². The average molecular weight is 645 g/mol. The lowest BCUT2D eigenvalue weighted by Crippen LogP contribution is -2.31. The normalized spacial score (nSPS) is 14.9. The zero-order valence-corrected chi connectivity index (χ0v) is 32.3. The second-order valence-corrected chi connectivity index (χ2v) is 19.7. The Morgan fingerprint density at radius 3 is 1.88 bits per heavy atom. The summed E-state index contributed by atoms with van der Waals surface area (Å²) in [6.45, 7) is 29.3. The minimum absolute atomic E-state index is 0.0250. The van der Waals surface area contributed by atoms with Crippen molar-refractivity contribution in [2.45, 2.75) is 145 Å². The summed E-state index contributed by atoms with van der Waals surface area (Å²) < 4.78 is 19.8. The van der Waals surface area contributed by atoms with E-state index in [1.807, 2.05) is 0 Å². The summed E-state index contributed by atoms with van der Waals surface area (Å²) in [6, 6.07) is 10.9. The van der Waals surface area contributed by atoms with E-state index in [-0.39, 0.29) is 23.0 Å². The van der Waals surface area contributed by atoms with Gasteiger partial charge in [-0.25, -0.2) is 0 Å². The molecular weight excluding hydrogens is 585 g/mol. The van der Waals surface area contributed by atoms with Crippen molar-refractivity contribution in [3.8, 4) is 5.75 Å². The van der Waals surface area contributed by atoms with Crippen LogP contribution in [-0.2, 0) is 15.5 Å². The molecule has 0 aliphatic carbocycles. The number of aliphatic hydroxyl groups is 1. The Kier molecular flexibility index (Phi) is 14.4. The van der Waals surface area contributed by atoms with Gasteiger partial charge in [0.15, 0.2) is 0 Å². The first-order valence-electron chi connectivity index (χ1n) is 16.1. The van der Waals surface area contributed by atoms with Crippen molar-refractivity contribution in [3.05, 3.63) is 57.3 Å². The molecule has 0 amide bonds. The van der Waals surface area contributed by atoms with Crippen LogP contribution in [0.4, 0.5) is 0 Å². The molecule has 2 atom stereocenters. The lowest BCUT2D eigenvalue weighted by molar-refractivity contribution is 0.0246. The van der Waals surface area contributed by atoms with Crippen LogP contribution in [0, 0.1) is 10.8 Å². The molecule has 0 saturated heterocycles. The quantitative estimate of drug-likeness (QED) is 0.185. The van der Waals surface area contributed by atoms with Gasteiger partial charge in [-0.1, -0.05) is 74.5 Å². The fourth-order valence-corrected chi connectivity index (χ4v) is 8.25. The number of hydrogen-bond acceptors (Lipinski definition) is 5. The van der Waals surface area contributed by atoms with Crippen LogP contribution in [-0.4, -0.2) is 28.8 Å². The third-order valence-electron chi connectivity index (χ3n) is 7.96. The first-order chi connectivity index (χ1) is 19.9. The topological polar surface area (TPSA) is 47.9 Å². The van der Waals surface area contributed by atoms with Crippen LogP contribution in [0.3, 0.4) is 0 Å². The molecule has 1 N–H and O–H groups in total. The molecule has 7 heteroatoms. The predicted octanol–water partition coefficient (Wildman–Crippen LogP) is 11.2. The standard InChI is InChI=1S/C36H60O4SSi2/c1-14-26(18-17-23-36(37,15-2)16-3)31-22-20-28(41-31)25-38-27-19-21-29(32(34(4,5)6)39-42(10)11)30(24-27)33(35(7,8)9)40-43(12)13/h18-22,24,32-33,37H,14-17,23,25H2,1-13H3. The van der Waals surface area contributed by atoms with Gasteiger partial charge in [0.2, 0.25) is 18.1 Å². The van der Waals surface area contributed by atoms with Gasteiger partial charge in [-0.3, -0.25) is 0 Å².